The first-order valence-electron chi connectivity index (χ1n) is 6.87. The molecule has 2 aliphatic heterocycles. The van der Waals surface area contributed by atoms with Crippen LogP contribution in [-0.2, 0) is 14.9 Å². The van der Waals surface area contributed by atoms with Gasteiger partial charge in [-0.1, -0.05) is 12.1 Å². The lowest BCUT2D eigenvalue weighted by Crippen LogP contribution is -2.52. The maximum absolute atomic E-state index is 5.84. The molecule has 1 unspecified atom stereocenters. The molecule has 0 saturated carbocycles. The van der Waals surface area contributed by atoms with E-state index in [-0.39, 0.29) is 11.5 Å². The fourth-order valence-electron chi connectivity index (χ4n) is 2.89. The van der Waals surface area contributed by atoms with Crippen LogP contribution in [-0.4, -0.2) is 46.1 Å². The molecule has 0 amide bonds. The lowest BCUT2D eigenvalue weighted by atomic mass is 9.74. The summed E-state index contributed by atoms with van der Waals surface area (Å²) >= 11 is 0. The SMILES string of the molecule is COc1cccc(C2(CC3CNCCO3)COC2)c1. The summed E-state index contributed by atoms with van der Waals surface area (Å²) < 4.78 is 16.7. The van der Waals surface area contributed by atoms with Crippen molar-refractivity contribution < 1.29 is 14.2 Å². The van der Waals surface area contributed by atoms with E-state index in [1.165, 1.54) is 5.56 Å². The third-order valence-corrected chi connectivity index (χ3v) is 4.06. The Morgan fingerprint density at radius 1 is 1.42 bits per heavy atom. The van der Waals surface area contributed by atoms with Gasteiger partial charge in [-0.05, 0) is 24.1 Å². The molecule has 1 N–H and O–H groups in total. The van der Waals surface area contributed by atoms with E-state index in [1.54, 1.807) is 7.11 Å². The van der Waals surface area contributed by atoms with Crippen molar-refractivity contribution in [3.05, 3.63) is 29.8 Å². The highest BCUT2D eigenvalue weighted by molar-refractivity contribution is 5.35. The number of nitrogens with one attached hydrogen (secondary N) is 1. The zero-order valence-corrected chi connectivity index (χ0v) is 11.4. The molecule has 0 aliphatic carbocycles. The molecule has 0 spiro atoms. The molecule has 2 fully saturated rings. The average molecular weight is 263 g/mol. The molecule has 2 heterocycles. The Balaban J connectivity index is 1.77. The number of rotatable bonds is 4. The number of methoxy groups -OCH3 is 1. The van der Waals surface area contributed by atoms with Crippen molar-refractivity contribution in [2.24, 2.45) is 0 Å². The Labute approximate surface area is 114 Å². The number of hydrogen-bond acceptors (Lipinski definition) is 4. The lowest BCUT2D eigenvalue weighted by Gasteiger charge is -2.44. The van der Waals surface area contributed by atoms with Crippen molar-refractivity contribution in [2.75, 3.05) is 40.0 Å². The number of morpholine rings is 1. The molecule has 1 aromatic rings. The first kappa shape index (κ1) is 12.9. The average Bonchev–Trinajstić information content (AvgIpc) is 2.44. The maximum Gasteiger partial charge on any atom is 0.119 e. The molecule has 1 aromatic carbocycles. The van der Waals surface area contributed by atoms with Gasteiger partial charge >= 0.3 is 0 Å². The Hall–Kier alpha value is -1.10. The molecule has 1 atom stereocenters. The van der Waals surface area contributed by atoms with Gasteiger partial charge in [-0.3, -0.25) is 0 Å². The van der Waals surface area contributed by atoms with Gasteiger partial charge in [0.05, 0.1) is 33.0 Å². The topological polar surface area (TPSA) is 39.7 Å². The highest BCUT2D eigenvalue weighted by atomic mass is 16.5. The van der Waals surface area contributed by atoms with Gasteiger partial charge in [-0.2, -0.15) is 0 Å². The van der Waals surface area contributed by atoms with Gasteiger partial charge in [-0.25, -0.2) is 0 Å². The normalized spacial score (nSPS) is 25.6. The zero-order valence-electron chi connectivity index (χ0n) is 11.4. The van der Waals surface area contributed by atoms with Crippen LogP contribution in [0.4, 0.5) is 0 Å². The second-order valence-electron chi connectivity index (χ2n) is 5.41. The van der Waals surface area contributed by atoms with Crippen LogP contribution < -0.4 is 10.1 Å². The zero-order chi connectivity index (χ0) is 13.1. The van der Waals surface area contributed by atoms with Gasteiger partial charge in [0.1, 0.15) is 5.75 Å². The van der Waals surface area contributed by atoms with Crippen molar-refractivity contribution in [3.8, 4) is 5.75 Å². The van der Waals surface area contributed by atoms with Crippen LogP contribution in [0, 0.1) is 0 Å². The Morgan fingerprint density at radius 3 is 2.95 bits per heavy atom. The Kier molecular flexibility index (Phi) is 3.73. The first-order valence-corrected chi connectivity index (χ1v) is 6.87. The standard InChI is InChI=1S/C15H21NO3/c1-17-13-4-2-3-12(7-13)15(10-18-11-15)8-14-9-16-5-6-19-14/h2-4,7,14,16H,5-6,8-11H2,1H3. The molecule has 0 radical (unpaired) electrons. The van der Waals surface area contributed by atoms with E-state index in [9.17, 15) is 0 Å². The van der Waals surface area contributed by atoms with Crippen molar-refractivity contribution >= 4 is 0 Å². The van der Waals surface area contributed by atoms with Crippen LogP contribution in [0.5, 0.6) is 5.75 Å². The van der Waals surface area contributed by atoms with Crippen molar-refractivity contribution in [1.29, 1.82) is 0 Å². The van der Waals surface area contributed by atoms with E-state index in [0.29, 0.717) is 0 Å². The molecule has 2 saturated heterocycles. The van der Waals surface area contributed by atoms with Gasteiger partial charge in [-0.15, -0.1) is 0 Å². The van der Waals surface area contributed by atoms with Crippen LogP contribution in [0.15, 0.2) is 24.3 Å². The van der Waals surface area contributed by atoms with Gasteiger partial charge in [0, 0.05) is 18.5 Å². The van der Waals surface area contributed by atoms with E-state index in [2.05, 4.69) is 17.4 Å². The van der Waals surface area contributed by atoms with E-state index in [1.807, 2.05) is 12.1 Å². The number of hydrogen-bond donors (Lipinski definition) is 1. The summed E-state index contributed by atoms with van der Waals surface area (Å²) in [4.78, 5) is 0. The van der Waals surface area contributed by atoms with Crippen LogP contribution in [0.3, 0.4) is 0 Å². The fourth-order valence-corrected chi connectivity index (χ4v) is 2.89. The van der Waals surface area contributed by atoms with Crippen molar-refractivity contribution in [1.82, 2.24) is 5.32 Å². The third-order valence-electron chi connectivity index (χ3n) is 4.06. The highest BCUT2D eigenvalue weighted by Crippen LogP contribution is 2.38. The Bertz CT molecular complexity index is 425. The summed E-state index contributed by atoms with van der Waals surface area (Å²) in [6.45, 7) is 4.25. The lowest BCUT2D eigenvalue weighted by molar-refractivity contribution is -0.0942. The second-order valence-corrected chi connectivity index (χ2v) is 5.41. The molecular weight excluding hydrogens is 242 g/mol. The Morgan fingerprint density at radius 2 is 2.32 bits per heavy atom. The summed E-state index contributed by atoms with van der Waals surface area (Å²) in [5, 5.41) is 3.39. The second kappa shape index (κ2) is 5.49. The predicted octanol–water partition coefficient (Wildman–Crippen LogP) is 1.34. The number of benzene rings is 1. The summed E-state index contributed by atoms with van der Waals surface area (Å²) in [7, 11) is 1.71. The summed E-state index contributed by atoms with van der Waals surface area (Å²) in [5.41, 5.74) is 1.39. The van der Waals surface area contributed by atoms with Gasteiger partial charge in [0.15, 0.2) is 0 Å². The minimum absolute atomic E-state index is 0.0955. The molecule has 3 rings (SSSR count). The highest BCUT2D eigenvalue weighted by Gasteiger charge is 2.42. The minimum atomic E-state index is 0.0955. The molecule has 19 heavy (non-hydrogen) atoms. The van der Waals surface area contributed by atoms with Crippen LogP contribution in [0.1, 0.15) is 12.0 Å². The van der Waals surface area contributed by atoms with E-state index in [0.717, 1.165) is 45.1 Å². The van der Waals surface area contributed by atoms with E-state index < -0.39 is 0 Å². The molecule has 104 valence electrons. The third kappa shape index (κ3) is 2.61. The van der Waals surface area contributed by atoms with Crippen molar-refractivity contribution in [3.63, 3.8) is 0 Å². The van der Waals surface area contributed by atoms with Gasteiger partial charge in [0.25, 0.3) is 0 Å². The summed E-state index contributed by atoms with van der Waals surface area (Å²) in [5.74, 6) is 0.909. The number of ether oxygens (including phenoxy) is 3. The van der Waals surface area contributed by atoms with E-state index in [4.69, 9.17) is 14.2 Å². The maximum atomic E-state index is 5.84. The molecule has 0 aromatic heterocycles. The predicted molar refractivity (Wildman–Crippen MR) is 72.7 cm³/mol. The van der Waals surface area contributed by atoms with Crippen molar-refractivity contribution in [2.45, 2.75) is 17.9 Å². The van der Waals surface area contributed by atoms with Crippen LogP contribution in [0.25, 0.3) is 0 Å². The molecule has 4 heteroatoms. The largest absolute Gasteiger partial charge is 0.497 e. The first-order chi connectivity index (χ1) is 9.32. The van der Waals surface area contributed by atoms with Crippen LogP contribution in [0.2, 0.25) is 0 Å². The molecule has 4 nitrogen and oxygen atoms in total. The van der Waals surface area contributed by atoms with Gasteiger partial charge in [0.2, 0.25) is 0 Å². The molecular formula is C15H21NO3. The molecule has 0 bridgehead atoms. The minimum Gasteiger partial charge on any atom is -0.497 e. The smallest absolute Gasteiger partial charge is 0.119 e. The monoisotopic (exact) mass is 263 g/mol. The quantitative estimate of drug-likeness (QED) is 0.890. The van der Waals surface area contributed by atoms with E-state index >= 15 is 0 Å². The molecule has 2 aliphatic rings. The summed E-state index contributed by atoms with van der Waals surface area (Å²) in [6, 6.07) is 8.32. The fraction of sp³-hybridized carbons (Fsp3) is 0.600. The van der Waals surface area contributed by atoms with Crippen LogP contribution >= 0.6 is 0 Å². The van der Waals surface area contributed by atoms with Gasteiger partial charge < -0.3 is 19.5 Å². The summed E-state index contributed by atoms with van der Waals surface area (Å²) in [6.07, 6.45) is 1.29.